The standard InChI is InChI=1S/C12H25N3O/c1-5-11-9-15(7-6-14(11)4)12(16)8-13-10(2)3/h10-11,13H,5-9H2,1-4H3. The van der Waals surface area contributed by atoms with E-state index < -0.39 is 0 Å². The van der Waals surface area contributed by atoms with E-state index in [1.807, 2.05) is 4.90 Å². The summed E-state index contributed by atoms with van der Waals surface area (Å²) in [6, 6.07) is 0.898. The molecular weight excluding hydrogens is 202 g/mol. The Labute approximate surface area is 99.0 Å². The molecule has 16 heavy (non-hydrogen) atoms. The maximum Gasteiger partial charge on any atom is 0.236 e. The number of rotatable bonds is 4. The van der Waals surface area contributed by atoms with Gasteiger partial charge in [0.15, 0.2) is 0 Å². The van der Waals surface area contributed by atoms with Crippen molar-refractivity contribution in [3.63, 3.8) is 0 Å². The number of carbonyl (C=O) groups is 1. The summed E-state index contributed by atoms with van der Waals surface area (Å²) in [5.74, 6) is 0.236. The van der Waals surface area contributed by atoms with Crippen LogP contribution in [0, 0.1) is 0 Å². The van der Waals surface area contributed by atoms with Crippen molar-refractivity contribution in [2.45, 2.75) is 39.3 Å². The van der Waals surface area contributed by atoms with Gasteiger partial charge in [0.05, 0.1) is 6.54 Å². The summed E-state index contributed by atoms with van der Waals surface area (Å²) >= 11 is 0. The van der Waals surface area contributed by atoms with E-state index in [1.165, 1.54) is 0 Å². The number of amides is 1. The Bertz CT molecular complexity index is 230. The van der Waals surface area contributed by atoms with Crippen molar-refractivity contribution in [3.8, 4) is 0 Å². The summed E-state index contributed by atoms with van der Waals surface area (Å²) in [5.41, 5.74) is 0. The number of nitrogens with one attached hydrogen (secondary N) is 1. The Hall–Kier alpha value is -0.610. The first-order chi connectivity index (χ1) is 7.54. The zero-order valence-electron chi connectivity index (χ0n) is 11.0. The van der Waals surface area contributed by atoms with E-state index in [-0.39, 0.29) is 5.91 Å². The fourth-order valence-electron chi connectivity index (χ4n) is 2.02. The molecule has 1 aliphatic heterocycles. The smallest absolute Gasteiger partial charge is 0.236 e. The van der Waals surface area contributed by atoms with E-state index in [4.69, 9.17) is 0 Å². The van der Waals surface area contributed by atoms with Crippen molar-refractivity contribution in [2.24, 2.45) is 0 Å². The minimum absolute atomic E-state index is 0.236. The number of carbonyl (C=O) groups excluding carboxylic acids is 1. The first-order valence-corrected chi connectivity index (χ1v) is 6.26. The second-order valence-electron chi connectivity index (χ2n) is 4.92. The highest BCUT2D eigenvalue weighted by Gasteiger charge is 2.25. The van der Waals surface area contributed by atoms with Crippen molar-refractivity contribution in [2.75, 3.05) is 33.2 Å². The van der Waals surface area contributed by atoms with E-state index in [0.717, 1.165) is 26.1 Å². The highest BCUT2D eigenvalue weighted by Crippen LogP contribution is 2.10. The van der Waals surface area contributed by atoms with Crippen LogP contribution in [0.3, 0.4) is 0 Å². The highest BCUT2D eigenvalue weighted by atomic mass is 16.2. The van der Waals surface area contributed by atoms with Gasteiger partial charge in [-0.3, -0.25) is 9.69 Å². The van der Waals surface area contributed by atoms with Crippen LogP contribution in [0.4, 0.5) is 0 Å². The molecule has 1 N–H and O–H groups in total. The Balaban J connectivity index is 2.39. The van der Waals surface area contributed by atoms with Crippen LogP contribution in [0.2, 0.25) is 0 Å². The van der Waals surface area contributed by atoms with Gasteiger partial charge in [-0.15, -0.1) is 0 Å². The average molecular weight is 227 g/mol. The summed E-state index contributed by atoms with van der Waals surface area (Å²) in [7, 11) is 2.14. The van der Waals surface area contributed by atoms with E-state index in [9.17, 15) is 4.79 Å². The quantitative estimate of drug-likeness (QED) is 0.761. The molecule has 0 aromatic carbocycles. The maximum absolute atomic E-state index is 11.9. The van der Waals surface area contributed by atoms with Crippen LogP contribution in [-0.4, -0.2) is 61.0 Å². The Morgan fingerprint density at radius 2 is 2.12 bits per heavy atom. The number of nitrogens with zero attached hydrogens (tertiary/aromatic N) is 2. The molecule has 1 amide bonds. The van der Waals surface area contributed by atoms with Gasteiger partial charge < -0.3 is 10.2 Å². The van der Waals surface area contributed by atoms with Crippen LogP contribution < -0.4 is 5.32 Å². The molecule has 0 radical (unpaired) electrons. The van der Waals surface area contributed by atoms with Gasteiger partial charge >= 0.3 is 0 Å². The Morgan fingerprint density at radius 1 is 1.44 bits per heavy atom. The third-order valence-electron chi connectivity index (χ3n) is 3.26. The van der Waals surface area contributed by atoms with Gasteiger partial charge in [0.2, 0.25) is 5.91 Å². The van der Waals surface area contributed by atoms with Crippen LogP contribution in [0.5, 0.6) is 0 Å². The van der Waals surface area contributed by atoms with E-state index in [1.54, 1.807) is 0 Å². The molecule has 4 nitrogen and oxygen atoms in total. The molecule has 0 saturated carbocycles. The highest BCUT2D eigenvalue weighted by molar-refractivity contribution is 5.78. The van der Waals surface area contributed by atoms with E-state index in [2.05, 4.69) is 38.0 Å². The minimum Gasteiger partial charge on any atom is -0.339 e. The van der Waals surface area contributed by atoms with Gasteiger partial charge in [-0.25, -0.2) is 0 Å². The lowest BCUT2D eigenvalue weighted by atomic mass is 10.1. The molecule has 1 fully saturated rings. The molecule has 0 aromatic rings. The lowest BCUT2D eigenvalue weighted by Gasteiger charge is -2.39. The summed E-state index contributed by atoms with van der Waals surface area (Å²) in [5, 5.41) is 3.18. The molecule has 0 aliphatic carbocycles. The Morgan fingerprint density at radius 3 is 2.69 bits per heavy atom. The van der Waals surface area contributed by atoms with Gasteiger partial charge in [0.25, 0.3) is 0 Å². The summed E-state index contributed by atoms with van der Waals surface area (Å²) in [6.07, 6.45) is 1.11. The largest absolute Gasteiger partial charge is 0.339 e. The average Bonchev–Trinajstić information content (AvgIpc) is 2.26. The predicted molar refractivity (Wildman–Crippen MR) is 66.4 cm³/mol. The first kappa shape index (κ1) is 13.5. The number of piperazine rings is 1. The van der Waals surface area contributed by atoms with Gasteiger partial charge in [0, 0.05) is 31.7 Å². The minimum atomic E-state index is 0.236. The summed E-state index contributed by atoms with van der Waals surface area (Å²) in [6.45, 7) is 9.51. The monoisotopic (exact) mass is 227 g/mol. The van der Waals surface area contributed by atoms with Crippen molar-refractivity contribution in [3.05, 3.63) is 0 Å². The molecule has 94 valence electrons. The third kappa shape index (κ3) is 3.76. The number of hydrogen-bond acceptors (Lipinski definition) is 3. The molecule has 1 aliphatic rings. The van der Waals surface area contributed by atoms with Crippen molar-refractivity contribution in [1.82, 2.24) is 15.1 Å². The van der Waals surface area contributed by atoms with Crippen molar-refractivity contribution < 1.29 is 4.79 Å². The summed E-state index contributed by atoms with van der Waals surface area (Å²) in [4.78, 5) is 16.3. The second-order valence-corrected chi connectivity index (χ2v) is 4.92. The zero-order chi connectivity index (χ0) is 12.1. The summed E-state index contributed by atoms with van der Waals surface area (Å²) < 4.78 is 0. The molecule has 1 saturated heterocycles. The second kappa shape index (κ2) is 6.21. The molecule has 1 rings (SSSR count). The molecule has 1 heterocycles. The van der Waals surface area contributed by atoms with Crippen LogP contribution in [-0.2, 0) is 4.79 Å². The molecule has 1 atom stereocenters. The number of likely N-dealkylation sites (N-methyl/N-ethyl adjacent to an activating group) is 1. The number of hydrogen-bond donors (Lipinski definition) is 1. The van der Waals surface area contributed by atoms with E-state index in [0.29, 0.717) is 18.6 Å². The third-order valence-corrected chi connectivity index (χ3v) is 3.26. The van der Waals surface area contributed by atoms with Crippen LogP contribution >= 0.6 is 0 Å². The van der Waals surface area contributed by atoms with E-state index >= 15 is 0 Å². The zero-order valence-corrected chi connectivity index (χ0v) is 11.0. The fourth-order valence-corrected chi connectivity index (χ4v) is 2.02. The molecule has 0 spiro atoms. The SMILES string of the molecule is CCC1CN(C(=O)CNC(C)C)CCN1C. The van der Waals surface area contributed by atoms with Crippen LogP contribution in [0.15, 0.2) is 0 Å². The normalized spacial score (nSPS) is 22.8. The van der Waals surface area contributed by atoms with Gasteiger partial charge in [0.1, 0.15) is 0 Å². The molecular formula is C12H25N3O. The van der Waals surface area contributed by atoms with Crippen molar-refractivity contribution >= 4 is 5.91 Å². The predicted octanol–water partition coefficient (Wildman–Crippen LogP) is 0.537. The van der Waals surface area contributed by atoms with Gasteiger partial charge in [-0.1, -0.05) is 20.8 Å². The fraction of sp³-hybridized carbons (Fsp3) is 0.917. The van der Waals surface area contributed by atoms with Crippen LogP contribution in [0.25, 0.3) is 0 Å². The lowest BCUT2D eigenvalue weighted by molar-refractivity contribution is -0.133. The lowest BCUT2D eigenvalue weighted by Crippen LogP contribution is -2.54. The molecule has 1 unspecified atom stereocenters. The first-order valence-electron chi connectivity index (χ1n) is 6.26. The molecule has 4 heteroatoms. The Kier molecular flexibility index (Phi) is 5.22. The molecule has 0 aromatic heterocycles. The van der Waals surface area contributed by atoms with Crippen molar-refractivity contribution in [1.29, 1.82) is 0 Å². The maximum atomic E-state index is 11.9. The van der Waals surface area contributed by atoms with Crippen LogP contribution in [0.1, 0.15) is 27.2 Å². The molecule has 0 bridgehead atoms. The topological polar surface area (TPSA) is 35.6 Å². The van der Waals surface area contributed by atoms with Gasteiger partial charge in [-0.2, -0.15) is 0 Å². The van der Waals surface area contributed by atoms with Gasteiger partial charge in [-0.05, 0) is 13.5 Å².